The molecule has 1 N–H and O–H groups in total. The van der Waals surface area contributed by atoms with E-state index in [1.807, 2.05) is 23.0 Å². The molecule has 1 saturated heterocycles. The van der Waals surface area contributed by atoms with Crippen molar-refractivity contribution in [3.05, 3.63) is 47.8 Å². The van der Waals surface area contributed by atoms with Gasteiger partial charge in [-0.1, -0.05) is 12.1 Å². The molecular weight excluding hydrogens is 290 g/mol. The second kappa shape index (κ2) is 7.15. The van der Waals surface area contributed by atoms with Crippen molar-refractivity contribution in [3.8, 4) is 5.75 Å². The Morgan fingerprint density at radius 2 is 2.22 bits per heavy atom. The first-order valence-corrected chi connectivity index (χ1v) is 8.28. The van der Waals surface area contributed by atoms with Crippen molar-refractivity contribution < 1.29 is 9.84 Å². The third kappa shape index (κ3) is 3.57. The Balaban J connectivity index is 1.72. The number of benzene rings is 1. The lowest BCUT2D eigenvalue weighted by Gasteiger charge is -2.24. The molecular formula is C18H25N3O2. The maximum atomic E-state index is 10.1. The number of aliphatic hydroxyl groups excluding tert-OH is 1. The summed E-state index contributed by atoms with van der Waals surface area (Å²) in [5, 5.41) is 14.5. The van der Waals surface area contributed by atoms with E-state index < -0.39 is 0 Å². The van der Waals surface area contributed by atoms with E-state index in [-0.39, 0.29) is 12.1 Å². The molecule has 0 aliphatic carbocycles. The summed E-state index contributed by atoms with van der Waals surface area (Å²) < 4.78 is 7.37. The Hall–Kier alpha value is -1.85. The van der Waals surface area contributed by atoms with Gasteiger partial charge in [-0.15, -0.1) is 0 Å². The SMILES string of the molecule is CCn1nccc1CCN1CC(O)CC1c1cccc(OC)c1. The lowest BCUT2D eigenvalue weighted by molar-refractivity contribution is 0.175. The molecule has 0 amide bonds. The zero-order chi connectivity index (χ0) is 16.2. The summed E-state index contributed by atoms with van der Waals surface area (Å²) in [5.74, 6) is 0.868. The minimum absolute atomic E-state index is 0.248. The largest absolute Gasteiger partial charge is 0.497 e. The monoisotopic (exact) mass is 315 g/mol. The Morgan fingerprint density at radius 3 is 3.00 bits per heavy atom. The zero-order valence-corrected chi connectivity index (χ0v) is 13.9. The number of β-amino-alcohol motifs (C(OH)–C–C–N with tert-alkyl or cyclic N) is 1. The van der Waals surface area contributed by atoms with E-state index in [1.165, 1.54) is 11.3 Å². The molecule has 3 rings (SSSR count). The van der Waals surface area contributed by atoms with E-state index in [0.29, 0.717) is 0 Å². The Bertz CT molecular complexity index is 641. The Labute approximate surface area is 137 Å². The summed E-state index contributed by atoms with van der Waals surface area (Å²) in [6.07, 6.45) is 3.32. The van der Waals surface area contributed by atoms with Crippen LogP contribution in [0, 0.1) is 0 Å². The highest BCUT2D eigenvalue weighted by Gasteiger charge is 2.31. The number of nitrogens with zero attached hydrogens (tertiary/aromatic N) is 3. The molecule has 2 heterocycles. The van der Waals surface area contributed by atoms with Gasteiger partial charge in [0.15, 0.2) is 0 Å². The zero-order valence-electron chi connectivity index (χ0n) is 13.9. The first-order valence-electron chi connectivity index (χ1n) is 8.28. The molecule has 1 aromatic carbocycles. The van der Waals surface area contributed by atoms with Crippen LogP contribution in [0.25, 0.3) is 0 Å². The second-order valence-corrected chi connectivity index (χ2v) is 6.07. The summed E-state index contributed by atoms with van der Waals surface area (Å²) in [6, 6.07) is 10.5. The quantitative estimate of drug-likeness (QED) is 0.888. The van der Waals surface area contributed by atoms with Gasteiger partial charge in [0.05, 0.1) is 13.2 Å². The van der Waals surface area contributed by atoms with Crippen molar-refractivity contribution in [3.63, 3.8) is 0 Å². The molecule has 5 heteroatoms. The summed E-state index contributed by atoms with van der Waals surface area (Å²) in [4.78, 5) is 2.37. The number of aryl methyl sites for hydroxylation is 1. The molecule has 0 radical (unpaired) electrons. The standard InChI is InChI=1S/C18H25N3O2/c1-3-21-15(7-9-19-21)8-10-20-13-16(22)12-18(20)14-5-4-6-17(11-14)23-2/h4-7,9,11,16,18,22H,3,8,10,12-13H2,1-2H3. The number of aromatic nitrogens is 2. The van der Waals surface area contributed by atoms with Crippen LogP contribution in [0.4, 0.5) is 0 Å². The van der Waals surface area contributed by atoms with E-state index in [4.69, 9.17) is 4.74 Å². The molecule has 1 fully saturated rings. The summed E-state index contributed by atoms with van der Waals surface area (Å²) >= 11 is 0. The fourth-order valence-electron chi connectivity index (χ4n) is 3.44. The third-order valence-corrected chi connectivity index (χ3v) is 4.62. The van der Waals surface area contributed by atoms with Crippen LogP contribution in [0.1, 0.15) is 30.6 Å². The van der Waals surface area contributed by atoms with Crippen LogP contribution in [-0.2, 0) is 13.0 Å². The fourth-order valence-corrected chi connectivity index (χ4v) is 3.44. The number of ether oxygens (including phenoxy) is 1. The van der Waals surface area contributed by atoms with Gasteiger partial charge in [-0.05, 0) is 37.1 Å². The Kier molecular flexibility index (Phi) is 4.98. The van der Waals surface area contributed by atoms with Crippen LogP contribution in [0.2, 0.25) is 0 Å². The van der Waals surface area contributed by atoms with E-state index in [0.717, 1.165) is 38.2 Å². The molecule has 0 spiro atoms. The summed E-state index contributed by atoms with van der Waals surface area (Å²) in [5.41, 5.74) is 2.46. The molecule has 0 bridgehead atoms. The maximum Gasteiger partial charge on any atom is 0.119 e. The van der Waals surface area contributed by atoms with E-state index >= 15 is 0 Å². The number of rotatable bonds is 6. The van der Waals surface area contributed by atoms with Crippen molar-refractivity contribution in [2.75, 3.05) is 20.2 Å². The van der Waals surface area contributed by atoms with Gasteiger partial charge in [0.2, 0.25) is 0 Å². The molecule has 2 atom stereocenters. The van der Waals surface area contributed by atoms with E-state index in [9.17, 15) is 5.11 Å². The molecule has 124 valence electrons. The van der Waals surface area contributed by atoms with Gasteiger partial charge in [0.1, 0.15) is 5.75 Å². The molecule has 2 aromatic rings. The normalized spacial score (nSPS) is 21.7. The minimum atomic E-state index is -0.262. The highest BCUT2D eigenvalue weighted by molar-refractivity contribution is 5.31. The van der Waals surface area contributed by atoms with Crippen LogP contribution in [-0.4, -0.2) is 46.1 Å². The summed E-state index contributed by atoms with van der Waals surface area (Å²) in [6.45, 7) is 4.65. The van der Waals surface area contributed by atoms with Crippen molar-refractivity contribution in [2.24, 2.45) is 0 Å². The number of hydrogen-bond acceptors (Lipinski definition) is 4. The predicted octanol–water partition coefficient (Wildman–Crippen LogP) is 2.26. The lowest BCUT2D eigenvalue weighted by atomic mass is 10.0. The highest BCUT2D eigenvalue weighted by Crippen LogP contribution is 2.33. The van der Waals surface area contributed by atoms with Crippen molar-refractivity contribution in [1.29, 1.82) is 0 Å². The van der Waals surface area contributed by atoms with Gasteiger partial charge < -0.3 is 9.84 Å². The van der Waals surface area contributed by atoms with E-state index in [1.54, 1.807) is 7.11 Å². The predicted molar refractivity (Wildman–Crippen MR) is 89.5 cm³/mol. The van der Waals surface area contributed by atoms with Crippen LogP contribution in [0.3, 0.4) is 0 Å². The van der Waals surface area contributed by atoms with Gasteiger partial charge in [-0.2, -0.15) is 5.10 Å². The molecule has 1 aromatic heterocycles. The van der Waals surface area contributed by atoms with Gasteiger partial charge in [0.25, 0.3) is 0 Å². The number of hydrogen-bond donors (Lipinski definition) is 1. The first kappa shape index (κ1) is 16.0. The van der Waals surface area contributed by atoms with Crippen LogP contribution < -0.4 is 4.74 Å². The molecule has 0 saturated carbocycles. The molecule has 1 aliphatic heterocycles. The molecule has 1 aliphatic rings. The number of methoxy groups -OCH3 is 1. The van der Waals surface area contributed by atoms with Crippen LogP contribution in [0.5, 0.6) is 5.75 Å². The maximum absolute atomic E-state index is 10.1. The fraction of sp³-hybridized carbons (Fsp3) is 0.500. The lowest BCUT2D eigenvalue weighted by Crippen LogP contribution is -2.27. The van der Waals surface area contributed by atoms with Gasteiger partial charge in [0, 0.05) is 44.0 Å². The summed E-state index contributed by atoms with van der Waals surface area (Å²) in [7, 11) is 1.69. The van der Waals surface area contributed by atoms with Crippen LogP contribution in [0.15, 0.2) is 36.5 Å². The average Bonchev–Trinajstić information content (AvgIpc) is 3.18. The minimum Gasteiger partial charge on any atom is -0.497 e. The van der Waals surface area contributed by atoms with Crippen molar-refractivity contribution in [2.45, 2.75) is 38.5 Å². The second-order valence-electron chi connectivity index (χ2n) is 6.07. The number of aliphatic hydroxyl groups is 1. The molecule has 5 nitrogen and oxygen atoms in total. The highest BCUT2D eigenvalue weighted by atomic mass is 16.5. The Morgan fingerprint density at radius 1 is 1.35 bits per heavy atom. The topological polar surface area (TPSA) is 50.5 Å². The van der Waals surface area contributed by atoms with Crippen molar-refractivity contribution in [1.82, 2.24) is 14.7 Å². The van der Waals surface area contributed by atoms with E-state index in [2.05, 4.69) is 35.1 Å². The molecule has 23 heavy (non-hydrogen) atoms. The first-order chi connectivity index (χ1) is 11.2. The van der Waals surface area contributed by atoms with Gasteiger partial charge in [-0.25, -0.2) is 0 Å². The third-order valence-electron chi connectivity index (χ3n) is 4.62. The molecule has 2 unspecified atom stereocenters. The van der Waals surface area contributed by atoms with Gasteiger partial charge >= 0.3 is 0 Å². The average molecular weight is 315 g/mol. The van der Waals surface area contributed by atoms with Gasteiger partial charge in [-0.3, -0.25) is 9.58 Å². The number of likely N-dealkylation sites (tertiary alicyclic amines) is 1. The van der Waals surface area contributed by atoms with Crippen LogP contribution >= 0.6 is 0 Å². The smallest absolute Gasteiger partial charge is 0.119 e. The van der Waals surface area contributed by atoms with Crippen molar-refractivity contribution >= 4 is 0 Å².